The Labute approximate surface area is 196 Å². The van der Waals surface area contributed by atoms with E-state index in [4.69, 9.17) is 12.2 Å². The molecular weight excluding hydrogens is 435 g/mol. The van der Waals surface area contributed by atoms with Crippen LogP contribution in [-0.2, 0) is 12.6 Å². The molecule has 0 radical (unpaired) electrons. The lowest BCUT2D eigenvalue weighted by atomic mass is 9.81. The largest absolute Gasteiger partial charge is 0.349 e. The minimum atomic E-state index is -0.302. The molecule has 1 saturated heterocycles. The molecule has 6 nitrogen and oxygen atoms in total. The molecule has 33 heavy (non-hydrogen) atoms. The van der Waals surface area contributed by atoms with Crippen LogP contribution in [0, 0.1) is 5.82 Å². The summed E-state index contributed by atoms with van der Waals surface area (Å²) in [5, 5.41) is 7.97. The molecule has 0 saturated carbocycles. The highest BCUT2D eigenvalue weighted by Crippen LogP contribution is 2.48. The number of likely N-dealkylation sites (tertiary alicyclic amines) is 1. The third-order valence-corrected chi connectivity index (χ3v) is 7.28. The highest BCUT2D eigenvalue weighted by molar-refractivity contribution is 7.80. The summed E-state index contributed by atoms with van der Waals surface area (Å²) in [7, 11) is 1.82. The number of hydrogen-bond donors (Lipinski definition) is 1. The maximum Gasteiger partial charge on any atom is 0.173 e. The zero-order valence-corrected chi connectivity index (χ0v) is 19.0. The van der Waals surface area contributed by atoms with Gasteiger partial charge in [-0.1, -0.05) is 24.3 Å². The first-order valence-corrected chi connectivity index (χ1v) is 11.4. The van der Waals surface area contributed by atoms with Crippen molar-refractivity contribution in [3.8, 4) is 22.4 Å². The van der Waals surface area contributed by atoms with E-state index in [1.54, 1.807) is 23.1 Å². The molecule has 0 amide bonds. The van der Waals surface area contributed by atoms with E-state index in [1.807, 2.05) is 25.6 Å². The summed E-state index contributed by atoms with van der Waals surface area (Å²) in [6.07, 6.45) is 9.23. The molecule has 8 heteroatoms. The van der Waals surface area contributed by atoms with Gasteiger partial charge in [0.15, 0.2) is 5.11 Å². The van der Waals surface area contributed by atoms with Crippen LogP contribution in [0.3, 0.4) is 0 Å². The Morgan fingerprint density at radius 3 is 2.67 bits per heavy atom. The number of fused-ring (bicyclic) bond motifs is 5. The Balaban J connectivity index is 1.18. The Kier molecular flexibility index (Phi) is 4.58. The molecule has 2 aliphatic rings. The van der Waals surface area contributed by atoms with Gasteiger partial charge in [-0.05, 0) is 48.8 Å². The highest BCUT2D eigenvalue weighted by Gasteiger charge is 2.45. The summed E-state index contributed by atoms with van der Waals surface area (Å²) < 4.78 is 18.7. The third-order valence-electron chi connectivity index (χ3n) is 6.92. The minimum Gasteiger partial charge on any atom is -0.349 e. The van der Waals surface area contributed by atoms with Crippen molar-refractivity contribution in [1.29, 1.82) is 0 Å². The number of aromatic nitrogens is 4. The summed E-state index contributed by atoms with van der Waals surface area (Å²) in [4.78, 5) is 6.58. The number of benzene rings is 2. The Bertz CT molecular complexity index is 1360. The predicted octanol–water partition coefficient (Wildman–Crippen LogP) is 4.64. The fourth-order valence-electron chi connectivity index (χ4n) is 5.26. The second kappa shape index (κ2) is 7.52. The van der Waals surface area contributed by atoms with Gasteiger partial charge in [0.1, 0.15) is 5.82 Å². The van der Waals surface area contributed by atoms with E-state index in [0.29, 0.717) is 16.4 Å². The van der Waals surface area contributed by atoms with Gasteiger partial charge in [-0.2, -0.15) is 5.10 Å². The molecule has 0 unspecified atom stereocenters. The number of halogens is 1. The number of rotatable bonds is 2. The fraction of sp³-hybridized carbons (Fsp3) is 0.240. The van der Waals surface area contributed by atoms with E-state index in [1.165, 1.54) is 22.9 Å². The van der Waals surface area contributed by atoms with Crippen LogP contribution in [-0.4, -0.2) is 42.4 Å². The number of piperidine rings is 1. The maximum absolute atomic E-state index is 14.7. The van der Waals surface area contributed by atoms with Crippen LogP contribution in [0.15, 0.2) is 67.4 Å². The van der Waals surface area contributed by atoms with Gasteiger partial charge >= 0.3 is 0 Å². The number of anilines is 1. The quantitative estimate of drug-likeness (QED) is 0.444. The average Bonchev–Trinajstić information content (AvgIpc) is 3.53. The van der Waals surface area contributed by atoms with E-state index >= 15 is 0 Å². The van der Waals surface area contributed by atoms with Crippen LogP contribution >= 0.6 is 12.2 Å². The first-order valence-electron chi connectivity index (χ1n) is 11.0. The number of nitrogens with zero attached hydrogens (tertiary/aromatic N) is 5. The molecule has 0 aliphatic carbocycles. The number of hydrogen-bond acceptors (Lipinski definition) is 3. The standard InChI is InChI=1S/C25H23FN6S/c1-30-15-17(13-28-30)19-7-6-18(12-22(19)26)29-24(33)31-10-8-25(9-11-31)21-5-3-2-4-20(21)23-14-27-16-32(23)25/h2-7,12-16H,8-11H2,1H3,(H,29,33). The molecule has 6 rings (SSSR count). The molecule has 4 heterocycles. The van der Waals surface area contributed by atoms with Crippen molar-refractivity contribution >= 4 is 23.0 Å². The van der Waals surface area contributed by atoms with Crippen molar-refractivity contribution in [2.75, 3.05) is 18.4 Å². The molecule has 1 fully saturated rings. The number of nitrogens with one attached hydrogen (secondary N) is 1. The average molecular weight is 459 g/mol. The Hall–Kier alpha value is -3.52. The van der Waals surface area contributed by atoms with Gasteiger partial charge in [-0.3, -0.25) is 4.68 Å². The molecule has 4 aromatic rings. The lowest BCUT2D eigenvalue weighted by molar-refractivity contribution is 0.203. The molecule has 1 N–H and O–H groups in total. The molecule has 166 valence electrons. The van der Waals surface area contributed by atoms with Crippen LogP contribution in [0.25, 0.3) is 22.4 Å². The van der Waals surface area contributed by atoms with Gasteiger partial charge in [-0.25, -0.2) is 9.37 Å². The molecule has 2 aromatic carbocycles. The molecule has 1 spiro atoms. The summed E-state index contributed by atoms with van der Waals surface area (Å²) >= 11 is 5.69. The van der Waals surface area contributed by atoms with Gasteiger partial charge in [-0.15, -0.1) is 0 Å². The van der Waals surface area contributed by atoms with Crippen molar-refractivity contribution in [3.63, 3.8) is 0 Å². The molecule has 2 aromatic heterocycles. The maximum atomic E-state index is 14.7. The van der Waals surface area contributed by atoms with Gasteiger partial charge in [0.25, 0.3) is 0 Å². The summed E-state index contributed by atoms with van der Waals surface area (Å²) in [5.74, 6) is -0.302. The lowest BCUT2D eigenvalue weighted by Crippen LogP contribution is -2.48. The van der Waals surface area contributed by atoms with Crippen LogP contribution in [0.4, 0.5) is 10.1 Å². The normalized spacial score (nSPS) is 16.0. The van der Waals surface area contributed by atoms with Gasteiger partial charge < -0.3 is 14.8 Å². The second-order valence-electron chi connectivity index (χ2n) is 8.74. The predicted molar refractivity (Wildman–Crippen MR) is 130 cm³/mol. The van der Waals surface area contributed by atoms with Gasteiger partial charge in [0.05, 0.1) is 30.0 Å². The summed E-state index contributed by atoms with van der Waals surface area (Å²) in [6.45, 7) is 1.63. The van der Waals surface area contributed by atoms with Crippen LogP contribution in [0.5, 0.6) is 0 Å². The highest BCUT2D eigenvalue weighted by atomic mass is 32.1. The zero-order chi connectivity index (χ0) is 22.6. The van der Waals surface area contributed by atoms with E-state index in [2.05, 4.69) is 49.1 Å². The zero-order valence-electron chi connectivity index (χ0n) is 18.2. The van der Waals surface area contributed by atoms with Crippen molar-refractivity contribution in [3.05, 3.63) is 78.8 Å². The molecular formula is C25H23FN6S. The van der Waals surface area contributed by atoms with Crippen LogP contribution in [0.2, 0.25) is 0 Å². The van der Waals surface area contributed by atoms with Gasteiger partial charge in [0, 0.05) is 48.7 Å². The molecule has 2 aliphatic heterocycles. The smallest absolute Gasteiger partial charge is 0.173 e. The van der Waals surface area contributed by atoms with E-state index in [9.17, 15) is 4.39 Å². The van der Waals surface area contributed by atoms with E-state index < -0.39 is 0 Å². The van der Waals surface area contributed by atoms with E-state index in [0.717, 1.165) is 31.5 Å². The third kappa shape index (κ3) is 3.16. The summed E-state index contributed by atoms with van der Waals surface area (Å²) in [5.41, 5.74) is 5.67. The number of thiocarbonyl (C=S) groups is 1. The first-order chi connectivity index (χ1) is 16.0. The van der Waals surface area contributed by atoms with E-state index in [-0.39, 0.29) is 11.4 Å². The van der Waals surface area contributed by atoms with Crippen molar-refractivity contribution in [2.45, 2.75) is 18.4 Å². The molecule has 0 bridgehead atoms. The van der Waals surface area contributed by atoms with Crippen molar-refractivity contribution < 1.29 is 4.39 Å². The monoisotopic (exact) mass is 458 g/mol. The lowest BCUT2D eigenvalue weighted by Gasteiger charge is -2.42. The van der Waals surface area contributed by atoms with Gasteiger partial charge in [0.2, 0.25) is 0 Å². The summed E-state index contributed by atoms with van der Waals surface area (Å²) in [6, 6.07) is 13.7. The minimum absolute atomic E-state index is 0.0774. The Morgan fingerprint density at radius 1 is 1.09 bits per heavy atom. The number of aryl methyl sites for hydroxylation is 1. The topological polar surface area (TPSA) is 50.9 Å². The van der Waals surface area contributed by atoms with Crippen molar-refractivity contribution in [1.82, 2.24) is 24.2 Å². The molecule has 0 atom stereocenters. The fourth-order valence-corrected chi connectivity index (χ4v) is 5.56. The second-order valence-corrected chi connectivity index (χ2v) is 9.13. The SMILES string of the molecule is Cn1cc(-c2ccc(NC(=S)N3CCC4(CC3)c3ccccc3-c3cncn34)cc2F)cn1. The Morgan fingerprint density at radius 2 is 1.91 bits per heavy atom. The van der Waals surface area contributed by atoms with Crippen LogP contribution in [0.1, 0.15) is 18.4 Å². The first kappa shape index (κ1) is 20.1. The van der Waals surface area contributed by atoms with Crippen molar-refractivity contribution in [2.24, 2.45) is 7.05 Å². The van der Waals surface area contributed by atoms with Crippen LogP contribution < -0.4 is 5.32 Å². The number of imidazole rings is 1.